The van der Waals surface area contributed by atoms with Crippen molar-refractivity contribution in [2.45, 2.75) is 58.8 Å². The molecule has 0 aromatic heterocycles. The average Bonchev–Trinajstić information content (AvgIpc) is 2.82. The number of allylic oxidation sites excluding steroid dienone is 2. The first-order chi connectivity index (χ1) is 11.0. The van der Waals surface area contributed by atoms with Crippen LogP contribution in [0.1, 0.15) is 58.8 Å². The molecule has 0 aromatic carbocycles. The molecule has 2 heterocycles. The van der Waals surface area contributed by atoms with Crippen LogP contribution in [0, 0.1) is 5.41 Å². The molecular weight excluding hydrogens is 288 g/mol. The van der Waals surface area contributed by atoms with E-state index in [-0.39, 0.29) is 17.9 Å². The summed E-state index contributed by atoms with van der Waals surface area (Å²) in [4.78, 5) is 16.9. The number of carbonyl (C=O) groups excluding carboxylic acids is 1. The lowest BCUT2D eigenvalue weighted by Crippen LogP contribution is -2.49. The number of hydrogen-bond donors (Lipinski definition) is 1. The number of hydrogen-bond acceptors (Lipinski definition) is 3. The Hall–Kier alpha value is -0.870. The Bertz CT molecular complexity index is 410. The average molecular weight is 322 g/mol. The molecule has 1 N–H and O–H groups in total. The molecule has 1 atom stereocenters. The number of likely N-dealkylation sites (tertiary alicyclic amines) is 2. The topological polar surface area (TPSA) is 43.8 Å². The second-order valence-electron chi connectivity index (χ2n) is 7.75. The van der Waals surface area contributed by atoms with E-state index in [9.17, 15) is 9.90 Å². The monoisotopic (exact) mass is 322 g/mol. The van der Waals surface area contributed by atoms with E-state index in [1.807, 2.05) is 0 Å². The standard InChI is InChI=1S/C19H34N2O2/c1-17(2)8-10-19(16-22)9-7-11-20(15-19)14-18(23)21-12-5-3-4-6-13-21/h8,22H,3-7,9-16H2,1-2H3/t19-/m0/s1. The summed E-state index contributed by atoms with van der Waals surface area (Å²) in [6.07, 6.45) is 10.1. The van der Waals surface area contributed by atoms with Crippen molar-refractivity contribution in [2.75, 3.05) is 39.3 Å². The van der Waals surface area contributed by atoms with Gasteiger partial charge < -0.3 is 10.0 Å². The van der Waals surface area contributed by atoms with Crippen molar-refractivity contribution < 1.29 is 9.90 Å². The van der Waals surface area contributed by atoms with Gasteiger partial charge in [-0.15, -0.1) is 0 Å². The van der Waals surface area contributed by atoms with E-state index in [1.54, 1.807) is 0 Å². The van der Waals surface area contributed by atoms with Crippen molar-refractivity contribution in [1.29, 1.82) is 0 Å². The predicted molar refractivity (Wildman–Crippen MR) is 94.3 cm³/mol. The van der Waals surface area contributed by atoms with E-state index >= 15 is 0 Å². The highest BCUT2D eigenvalue weighted by molar-refractivity contribution is 5.78. The largest absolute Gasteiger partial charge is 0.396 e. The molecule has 0 spiro atoms. The van der Waals surface area contributed by atoms with Gasteiger partial charge in [-0.1, -0.05) is 24.5 Å². The summed E-state index contributed by atoms with van der Waals surface area (Å²) in [6.45, 7) is 8.62. The molecule has 0 saturated carbocycles. The van der Waals surface area contributed by atoms with E-state index in [1.165, 1.54) is 18.4 Å². The SMILES string of the molecule is CC(C)=CC[C@@]1(CO)CCCN(CC(=O)N2CCCCCC2)C1. The van der Waals surface area contributed by atoms with Crippen LogP contribution in [0.25, 0.3) is 0 Å². The molecule has 0 bridgehead atoms. The van der Waals surface area contributed by atoms with Gasteiger partial charge in [-0.3, -0.25) is 9.69 Å². The van der Waals surface area contributed by atoms with Gasteiger partial charge in [-0.25, -0.2) is 0 Å². The molecule has 2 aliphatic heterocycles. The van der Waals surface area contributed by atoms with Crippen molar-refractivity contribution in [3.8, 4) is 0 Å². The van der Waals surface area contributed by atoms with E-state index in [0.29, 0.717) is 6.54 Å². The molecule has 0 aromatic rings. The first-order valence-electron chi connectivity index (χ1n) is 9.29. The van der Waals surface area contributed by atoms with Crippen molar-refractivity contribution in [3.63, 3.8) is 0 Å². The van der Waals surface area contributed by atoms with Crippen LogP contribution in [0.5, 0.6) is 0 Å². The van der Waals surface area contributed by atoms with Crippen LogP contribution in [0.2, 0.25) is 0 Å². The first kappa shape index (κ1) is 18.5. The first-order valence-corrected chi connectivity index (χ1v) is 9.29. The smallest absolute Gasteiger partial charge is 0.236 e. The highest BCUT2D eigenvalue weighted by atomic mass is 16.3. The number of piperidine rings is 1. The maximum absolute atomic E-state index is 12.6. The number of rotatable bonds is 5. The molecule has 2 aliphatic rings. The minimum absolute atomic E-state index is 0.0609. The Labute approximate surface area is 141 Å². The Morgan fingerprint density at radius 3 is 2.39 bits per heavy atom. The Morgan fingerprint density at radius 1 is 1.09 bits per heavy atom. The normalized spacial score (nSPS) is 26.7. The van der Waals surface area contributed by atoms with E-state index in [4.69, 9.17) is 0 Å². The zero-order valence-corrected chi connectivity index (χ0v) is 15.0. The highest BCUT2D eigenvalue weighted by Gasteiger charge is 2.35. The van der Waals surface area contributed by atoms with Crippen LogP contribution >= 0.6 is 0 Å². The third-order valence-corrected chi connectivity index (χ3v) is 5.34. The van der Waals surface area contributed by atoms with Gasteiger partial charge in [0.05, 0.1) is 13.2 Å². The zero-order chi connectivity index (χ0) is 16.7. The second-order valence-corrected chi connectivity index (χ2v) is 7.75. The van der Waals surface area contributed by atoms with Gasteiger partial charge in [0, 0.05) is 25.0 Å². The summed E-state index contributed by atoms with van der Waals surface area (Å²) >= 11 is 0. The van der Waals surface area contributed by atoms with Crippen molar-refractivity contribution >= 4 is 5.91 Å². The molecule has 132 valence electrons. The summed E-state index contributed by atoms with van der Waals surface area (Å²) in [7, 11) is 0. The molecule has 1 amide bonds. The maximum atomic E-state index is 12.6. The van der Waals surface area contributed by atoms with Crippen LogP contribution in [0.3, 0.4) is 0 Å². The van der Waals surface area contributed by atoms with E-state index in [0.717, 1.165) is 58.3 Å². The summed E-state index contributed by atoms with van der Waals surface area (Å²) < 4.78 is 0. The van der Waals surface area contributed by atoms with Crippen molar-refractivity contribution in [2.24, 2.45) is 5.41 Å². The van der Waals surface area contributed by atoms with Crippen LogP contribution in [0.4, 0.5) is 0 Å². The fourth-order valence-electron chi connectivity index (χ4n) is 3.84. The Balaban J connectivity index is 1.91. The van der Waals surface area contributed by atoms with Gasteiger partial charge >= 0.3 is 0 Å². The molecule has 4 nitrogen and oxygen atoms in total. The van der Waals surface area contributed by atoms with Gasteiger partial charge in [-0.2, -0.15) is 0 Å². The summed E-state index contributed by atoms with van der Waals surface area (Å²) in [5, 5.41) is 9.94. The minimum atomic E-state index is -0.0609. The van der Waals surface area contributed by atoms with Crippen LogP contribution < -0.4 is 0 Å². The van der Waals surface area contributed by atoms with Gasteiger partial charge in [0.25, 0.3) is 0 Å². The Morgan fingerprint density at radius 2 is 1.78 bits per heavy atom. The number of aliphatic hydroxyl groups excluding tert-OH is 1. The van der Waals surface area contributed by atoms with Gasteiger partial charge in [0.15, 0.2) is 0 Å². The third-order valence-electron chi connectivity index (χ3n) is 5.34. The predicted octanol–water partition coefficient (Wildman–Crippen LogP) is 2.82. The van der Waals surface area contributed by atoms with Gasteiger partial charge in [0.1, 0.15) is 0 Å². The molecule has 2 fully saturated rings. The number of aliphatic hydroxyl groups is 1. The highest BCUT2D eigenvalue weighted by Crippen LogP contribution is 2.34. The van der Waals surface area contributed by atoms with Crippen LogP contribution in [-0.2, 0) is 4.79 Å². The third kappa shape index (κ3) is 5.61. The quantitative estimate of drug-likeness (QED) is 0.792. The molecule has 4 heteroatoms. The fraction of sp³-hybridized carbons (Fsp3) is 0.842. The lowest BCUT2D eigenvalue weighted by atomic mass is 9.77. The molecule has 2 rings (SSSR count). The molecule has 0 unspecified atom stereocenters. The molecule has 2 saturated heterocycles. The van der Waals surface area contributed by atoms with Crippen molar-refractivity contribution in [3.05, 3.63) is 11.6 Å². The van der Waals surface area contributed by atoms with Crippen LogP contribution in [-0.4, -0.2) is 60.1 Å². The summed E-state index contributed by atoms with van der Waals surface area (Å²) in [5.41, 5.74) is 1.24. The van der Waals surface area contributed by atoms with Gasteiger partial charge in [0.2, 0.25) is 5.91 Å². The second kappa shape index (κ2) is 8.84. The molecule has 0 radical (unpaired) electrons. The summed E-state index contributed by atoms with van der Waals surface area (Å²) in [6, 6.07) is 0. The lowest BCUT2D eigenvalue weighted by Gasteiger charge is -2.41. The van der Waals surface area contributed by atoms with E-state index < -0.39 is 0 Å². The summed E-state index contributed by atoms with van der Waals surface area (Å²) in [5.74, 6) is 0.280. The van der Waals surface area contributed by atoms with E-state index in [2.05, 4.69) is 29.7 Å². The minimum Gasteiger partial charge on any atom is -0.396 e. The number of amides is 1. The van der Waals surface area contributed by atoms with Crippen molar-refractivity contribution in [1.82, 2.24) is 9.80 Å². The Kier molecular flexibility index (Phi) is 7.09. The fourth-order valence-corrected chi connectivity index (χ4v) is 3.84. The molecule has 23 heavy (non-hydrogen) atoms. The number of carbonyl (C=O) groups is 1. The molecule has 0 aliphatic carbocycles. The maximum Gasteiger partial charge on any atom is 0.236 e. The lowest BCUT2D eigenvalue weighted by molar-refractivity contribution is -0.133. The van der Waals surface area contributed by atoms with Crippen LogP contribution in [0.15, 0.2) is 11.6 Å². The zero-order valence-electron chi connectivity index (χ0n) is 15.0. The number of nitrogens with zero attached hydrogens (tertiary/aromatic N) is 2. The molecular formula is C19H34N2O2. The van der Waals surface area contributed by atoms with Gasteiger partial charge in [-0.05, 0) is 52.5 Å².